The van der Waals surface area contributed by atoms with Gasteiger partial charge in [-0.3, -0.25) is 9.59 Å². The summed E-state index contributed by atoms with van der Waals surface area (Å²) in [5, 5.41) is 3.07. The maximum atomic E-state index is 13.0. The number of rotatable bonds is 6. The molecule has 152 valence electrons. The quantitative estimate of drug-likeness (QED) is 0.647. The van der Waals surface area contributed by atoms with Crippen LogP contribution in [0.15, 0.2) is 84.9 Å². The van der Waals surface area contributed by atoms with Gasteiger partial charge >= 0.3 is 0 Å². The van der Waals surface area contributed by atoms with E-state index in [1.54, 1.807) is 0 Å². The molecule has 1 aliphatic heterocycles. The van der Waals surface area contributed by atoms with Gasteiger partial charge in [0.15, 0.2) is 0 Å². The molecule has 4 nitrogen and oxygen atoms in total. The van der Waals surface area contributed by atoms with E-state index in [2.05, 4.69) is 17.4 Å². The van der Waals surface area contributed by atoms with Crippen molar-refractivity contribution in [2.24, 2.45) is 5.92 Å². The van der Waals surface area contributed by atoms with Crippen molar-refractivity contribution in [3.05, 3.63) is 102 Å². The minimum atomic E-state index is -0.339. The molecule has 0 aromatic heterocycles. The van der Waals surface area contributed by atoms with Gasteiger partial charge in [-0.2, -0.15) is 0 Å². The second kappa shape index (κ2) is 8.95. The third-order valence-corrected chi connectivity index (χ3v) is 5.79. The Bertz CT molecular complexity index is 1020. The molecule has 0 bridgehead atoms. The summed E-state index contributed by atoms with van der Waals surface area (Å²) in [6.45, 7) is 2.46. The van der Waals surface area contributed by atoms with Gasteiger partial charge in [-0.25, -0.2) is 0 Å². The van der Waals surface area contributed by atoms with Crippen molar-refractivity contribution in [1.82, 2.24) is 4.90 Å². The highest BCUT2D eigenvalue weighted by atomic mass is 16.2. The Balaban J connectivity index is 1.44. The third-order valence-electron chi connectivity index (χ3n) is 5.79. The Kier molecular flexibility index (Phi) is 5.94. The van der Waals surface area contributed by atoms with Gasteiger partial charge in [0, 0.05) is 18.7 Å². The van der Waals surface area contributed by atoms with E-state index >= 15 is 0 Å². The van der Waals surface area contributed by atoms with E-state index in [-0.39, 0.29) is 30.2 Å². The molecule has 0 spiro atoms. The molecular weight excluding hydrogens is 372 g/mol. The van der Waals surface area contributed by atoms with E-state index in [9.17, 15) is 9.59 Å². The lowest BCUT2D eigenvalue weighted by molar-refractivity contribution is -0.129. The molecule has 0 unspecified atom stereocenters. The van der Waals surface area contributed by atoms with Crippen LogP contribution < -0.4 is 5.32 Å². The lowest BCUT2D eigenvalue weighted by atomic mass is 10.0. The zero-order chi connectivity index (χ0) is 20.9. The molecule has 4 rings (SSSR count). The van der Waals surface area contributed by atoms with Crippen LogP contribution in [0, 0.1) is 5.92 Å². The molecule has 2 atom stereocenters. The fourth-order valence-corrected chi connectivity index (χ4v) is 4.04. The smallest absolute Gasteiger partial charge is 0.229 e. The average molecular weight is 399 g/mol. The summed E-state index contributed by atoms with van der Waals surface area (Å²) in [4.78, 5) is 27.4. The van der Waals surface area contributed by atoms with Gasteiger partial charge in [-0.15, -0.1) is 0 Å². The number of nitrogens with zero attached hydrogens (tertiary/aromatic N) is 1. The summed E-state index contributed by atoms with van der Waals surface area (Å²) in [7, 11) is 0. The van der Waals surface area contributed by atoms with Gasteiger partial charge in [0.05, 0.1) is 12.0 Å². The van der Waals surface area contributed by atoms with Crippen molar-refractivity contribution < 1.29 is 9.59 Å². The number of para-hydroxylation sites is 1. The molecule has 1 N–H and O–H groups in total. The Morgan fingerprint density at radius 3 is 2.33 bits per heavy atom. The van der Waals surface area contributed by atoms with E-state index < -0.39 is 0 Å². The normalized spacial score (nSPS) is 17.0. The number of amides is 2. The lowest BCUT2D eigenvalue weighted by Gasteiger charge is -2.25. The second-order valence-electron chi connectivity index (χ2n) is 7.84. The van der Waals surface area contributed by atoms with Crippen LogP contribution in [0.4, 0.5) is 5.69 Å². The number of carbonyl (C=O) groups is 2. The topological polar surface area (TPSA) is 49.4 Å². The van der Waals surface area contributed by atoms with Crippen LogP contribution in [0.5, 0.6) is 0 Å². The molecule has 2 amide bonds. The van der Waals surface area contributed by atoms with Crippen molar-refractivity contribution in [2.45, 2.75) is 25.8 Å². The summed E-state index contributed by atoms with van der Waals surface area (Å²) in [5.74, 6) is -0.399. The molecular formula is C26H26N2O2. The van der Waals surface area contributed by atoms with Crippen LogP contribution >= 0.6 is 0 Å². The minimum Gasteiger partial charge on any atom is -0.335 e. The predicted octanol–water partition coefficient (Wildman–Crippen LogP) is 4.83. The number of nitrogens with one attached hydrogen (secondary N) is 1. The molecule has 1 saturated heterocycles. The zero-order valence-electron chi connectivity index (χ0n) is 17.1. The summed E-state index contributed by atoms with van der Waals surface area (Å²) >= 11 is 0. The molecule has 1 fully saturated rings. The molecule has 3 aromatic carbocycles. The van der Waals surface area contributed by atoms with Crippen molar-refractivity contribution in [2.75, 3.05) is 11.9 Å². The van der Waals surface area contributed by atoms with Crippen molar-refractivity contribution in [3.63, 3.8) is 0 Å². The molecule has 0 aliphatic carbocycles. The lowest BCUT2D eigenvalue weighted by Crippen LogP contribution is -2.30. The van der Waals surface area contributed by atoms with Gasteiger partial charge in [0.1, 0.15) is 0 Å². The fraction of sp³-hybridized carbons (Fsp3) is 0.231. The Hall–Kier alpha value is -3.40. The monoisotopic (exact) mass is 398 g/mol. The first-order valence-electron chi connectivity index (χ1n) is 10.4. The first-order chi connectivity index (χ1) is 14.6. The molecule has 0 radical (unpaired) electrons. The van der Waals surface area contributed by atoms with Crippen LogP contribution in [-0.4, -0.2) is 23.3 Å². The van der Waals surface area contributed by atoms with E-state index in [1.807, 2.05) is 84.6 Å². The number of hydrogen-bond acceptors (Lipinski definition) is 2. The minimum absolute atomic E-state index is 0.0315. The van der Waals surface area contributed by atoms with Crippen molar-refractivity contribution in [1.29, 1.82) is 0 Å². The highest BCUT2D eigenvalue weighted by Gasteiger charge is 2.37. The van der Waals surface area contributed by atoms with Crippen molar-refractivity contribution >= 4 is 17.5 Å². The van der Waals surface area contributed by atoms with Gasteiger partial charge in [-0.1, -0.05) is 78.9 Å². The summed E-state index contributed by atoms with van der Waals surface area (Å²) in [6, 6.07) is 28.0. The number of anilines is 1. The maximum Gasteiger partial charge on any atom is 0.229 e. The number of benzene rings is 3. The first kappa shape index (κ1) is 19.9. The van der Waals surface area contributed by atoms with Crippen LogP contribution in [0.3, 0.4) is 0 Å². The predicted molar refractivity (Wildman–Crippen MR) is 119 cm³/mol. The highest BCUT2D eigenvalue weighted by Crippen LogP contribution is 2.29. The summed E-state index contributed by atoms with van der Waals surface area (Å²) in [5.41, 5.74) is 4.16. The third kappa shape index (κ3) is 4.43. The summed E-state index contributed by atoms with van der Waals surface area (Å²) < 4.78 is 0. The summed E-state index contributed by atoms with van der Waals surface area (Å²) in [6.07, 6.45) is 1.00. The Morgan fingerprint density at radius 1 is 0.967 bits per heavy atom. The molecule has 1 heterocycles. The SMILES string of the molecule is C[C@@H](c1ccccc1)N1C[C@H](C(=O)Nc2ccccc2Cc2ccccc2)CC1=O. The Labute approximate surface area is 177 Å². The van der Waals surface area contributed by atoms with Crippen LogP contribution in [0.2, 0.25) is 0 Å². The zero-order valence-corrected chi connectivity index (χ0v) is 17.1. The average Bonchev–Trinajstić information content (AvgIpc) is 3.18. The highest BCUT2D eigenvalue weighted by molar-refractivity contribution is 5.97. The largest absolute Gasteiger partial charge is 0.335 e. The van der Waals surface area contributed by atoms with Gasteiger partial charge in [0.2, 0.25) is 11.8 Å². The van der Waals surface area contributed by atoms with E-state index in [4.69, 9.17) is 0 Å². The second-order valence-corrected chi connectivity index (χ2v) is 7.84. The molecule has 1 aliphatic rings. The van der Waals surface area contributed by atoms with E-state index in [1.165, 1.54) is 5.56 Å². The van der Waals surface area contributed by atoms with E-state index in [0.29, 0.717) is 6.54 Å². The van der Waals surface area contributed by atoms with Crippen LogP contribution in [0.25, 0.3) is 0 Å². The van der Waals surface area contributed by atoms with Gasteiger partial charge in [0.25, 0.3) is 0 Å². The van der Waals surface area contributed by atoms with Crippen LogP contribution in [-0.2, 0) is 16.0 Å². The Morgan fingerprint density at radius 2 is 1.60 bits per heavy atom. The van der Waals surface area contributed by atoms with Crippen LogP contribution in [0.1, 0.15) is 36.1 Å². The van der Waals surface area contributed by atoms with Gasteiger partial charge < -0.3 is 10.2 Å². The molecule has 4 heteroatoms. The number of carbonyl (C=O) groups excluding carboxylic acids is 2. The maximum absolute atomic E-state index is 13.0. The molecule has 0 saturated carbocycles. The number of likely N-dealkylation sites (tertiary alicyclic amines) is 1. The standard InChI is InChI=1S/C26H26N2O2/c1-19(21-12-6-3-7-13-21)28-18-23(17-25(28)29)26(30)27-24-15-9-8-14-22(24)16-20-10-4-2-5-11-20/h2-15,19,23H,16-18H2,1H3,(H,27,30)/t19-,23+/m0/s1. The molecule has 3 aromatic rings. The van der Waals surface area contributed by atoms with Gasteiger partial charge in [-0.05, 0) is 36.1 Å². The molecule has 30 heavy (non-hydrogen) atoms. The van der Waals surface area contributed by atoms with Crippen molar-refractivity contribution in [3.8, 4) is 0 Å². The fourth-order valence-electron chi connectivity index (χ4n) is 4.04. The first-order valence-corrected chi connectivity index (χ1v) is 10.4. The van der Waals surface area contributed by atoms with E-state index in [0.717, 1.165) is 23.2 Å². The number of hydrogen-bond donors (Lipinski definition) is 1.